The third kappa shape index (κ3) is 5.23. The van der Waals surface area contributed by atoms with E-state index in [9.17, 15) is 22.8 Å². The highest BCUT2D eigenvalue weighted by Gasteiger charge is 2.44. The Morgan fingerprint density at radius 3 is 2.04 bits per heavy atom. The second-order valence-corrected chi connectivity index (χ2v) is 7.36. The fourth-order valence-electron chi connectivity index (χ4n) is 3.36. The minimum absolute atomic E-state index is 0. The number of amides is 1. The first-order chi connectivity index (χ1) is 12.2. The van der Waals surface area contributed by atoms with Crippen LogP contribution in [0.2, 0.25) is 0 Å². The molecule has 1 aliphatic heterocycles. The Hall–Kier alpha value is -1.60. The molecule has 0 bridgehead atoms. The number of piperazine rings is 1. The van der Waals surface area contributed by atoms with E-state index in [1.807, 2.05) is 0 Å². The predicted octanol–water partition coefficient (Wildman–Crippen LogP) is 3.79. The van der Waals surface area contributed by atoms with E-state index in [4.69, 9.17) is 0 Å². The highest BCUT2D eigenvalue weighted by atomic mass is 35.5. The van der Waals surface area contributed by atoms with Crippen LogP contribution in [0, 0.1) is 0 Å². The largest absolute Gasteiger partial charge is 0.416 e. The van der Waals surface area contributed by atoms with Gasteiger partial charge < -0.3 is 4.90 Å². The first kappa shape index (κ1) is 21.7. The van der Waals surface area contributed by atoms with Gasteiger partial charge in [0.1, 0.15) is 0 Å². The summed E-state index contributed by atoms with van der Waals surface area (Å²) in [6, 6.07) is 4.13. The van der Waals surface area contributed by atoms with E-state index in [2.05, 4.69) is 11.8 Å². The molecule has 2 aliphatic rings. The van der Waals surface area contributed by atoms with Gasteiger partial charge in [0.2, 0.25) is 5.91 Å². The normalized spacial score (nSPS) is 19.3. The van der Waals surface area contributed by atoms with Crippen molar-refractivity contribution in [3.63, 3.8) is 0 Å². The molecule has 8 heteroatoms. The Kier molecular flexibility index (Phi) is 6.58. The van der Waals surface area contributed by atoms with E-state index in [1.54, 1.807) is 4.90 Å². The lowest BCUT2D eigenvalue weighted by atomic mass is 10.0. The van der Waals surface area contributed by atoms with Gasteiger partial charge in [0.05, 0.1) is 5.56 Å². The molecule has 0 unspecified atom stereocenters. The number of benzene rings is 1. The summed E-state index contributed by atoms with van der Waals surface area (Å²) in [5, 5.41) is 0. The van der Waals surface area contributed by atoms with E-state index >= 15 is 0 Å². The van der Waals surface area contributed by atoms with Crippen molar-refractivity contribution in [3.05, 3.63) is 35.4 Å². The first-order valence-corrected chi connectivity index (χ1v) is 8.92. The number of carbonyl (C=O) groups is 2. The molecule has 1 saturated heterocycles. The zero-order chi connectivity index (χ0) is 18.9. The van der Waals surface area contributed by atoms with Crippen LogP contribution >= 0.6 is 12.4 Å². The summed E-state index contributed by atoms with van der Waals surface area (Å²) in [5.41, 5.74) is -0.266. The first-order valence-electron chi connectivity index (χ1n) is 8.92. The maximum Gasteiger partial charge on any atom is 0.416 e. The van der Waals surface area contributed by atoms with Crippen molar-refractivity contribution in [3.8, 4) is 0 Å². The molecule has 2 fully saturated rings. The molecular weight excluding hydrogens is 381 g/mol. The Morgan fingerprint density at radius 1 is 1.00 bits per heavy atom. The van der Waals surface area contributed by atoms with Crippen molar-refractivity contribution < 1.29 is 22.8 Å². The number of nitrogens with zero attached hydrogens (tertiary/aromatic N) is 2. The second-order valence-electron chi connectivity index (χ2n) is 7.36. The number of carbonyl (C=O) groups excluding carboxylic acids is 2. The molecule has 0 spiro atoms. The number of hydrogen-bond donors (Lipinski definition) is 0. The summed E-state index contributed by atoms with van der Waals surface area (Å²) < 4.78 is 37.6. The van der Waals surface area contributed by atoms with E-state index in [0.717, 1.165) is 25.2 Å². The van der Waals surface area contributed by atoms with Crippen molar-refractivity contribution in [2.45, 2.75) is 44.3 Å². The molecular formula is C19H24ClF3N2O2. The standard InChI is InChI=1S/C19H23F3N2O2.ClH/c1-18(8-9-18)24-12-10-23(11-13-24)17(26)7-6-16(25)14-2-4-15(5-3-14)19(20,21)22;/h2-5H,6-13H2,1H3;1H. The molecule has 3 rings (SSSR count). The van der Waals surface area contributed by atoms with Crippen molar-refractivity contribution >= 4 is 24.1 Å². The number of halogens is 4. The summed E-state index contributed by atoms with van der Waals surface area (Å²) in [7, 11) is 0. The zero-order valence-electron chi connectivity index (χ0n) is 15.2. The topological polar surface area (TPSA) is 40.6 Å². The highest BCUT2D eigenvalue weighted by Crippen LogP contribution is 2.41. The molecule has 0 atom stereocenters. The molecule has 0 N–H and O–H groups in total. The summed E-state index contributed by atoms with van der Waals surface area (Å²) in [6.07, 6.45) is -1.89. The van der Waals surface area contributed by atoms with Gasteiger partial charge in [-0.25, -0.2) is 0 Å². The van der Waals surface area contributed by atoms with Gasteiger partial charge in [0.25, 0.3) is 0 Å². The van der Waals surface area contributed by atoms with Crippen LogP contribution in [-0.2, 0) is 11.0 Å². The average molecular weight is 405 g/mol. The summed E-state index contributed by atoms with van der Waals surface area (Å²) in [6.45, 7) is 5.29. The number of ketones is 1. The summed E-state index contributed by atoms with van der Waals surface area (Å²) in [4.78, 5) is 28.6. The molecule has 1 aromatic carbocycles. The Balaban J connectivity index is 0.00000261. The third-order valence-corrected chi connectivity index (χ3v) is 5.47. The van der Waals surface area contributed by atoms with E-state index in [-0.39, 0.29) is 42.5 Å². The summed E-state index contributed by atoms with van der Waals surface area (Å²) >= 11 is 0. The SMILES string of the molecule is CC1(N2CCN(C(=O)CCC(=O)c3ccc(C(F)(F)F)cc3)CC2)CC1.Cl. The molecule has 27 heavy (non-hydrogen) atoms. The lowest BCUT2D eigenvalue weighted by Gasteiger charge is -2.38. The van der Waals surface area contributed by atoms with Crippen molar-refractivity contribution in [2.75, 3.05) is 26.2 Å². The monoisotopic (exact) mass is 404 g/mol. The fraction of sp³-hybridized carbons (Fsp3) is 0.579. The van der Waals surface area contributed by atoms with Crippen LogP contribution in [0.4, 0.5) is 13.2 Å². The molecule has 1 heterocycles. The van der Waals surface area contributed by atoms with Crippen LogP contribution in [-0.4, -0.2) is 53.2 Å². The lowest BCUT2D eigenvalue weighted by molar-refractivity contribution is -0.137. The molecule has 4 nitrogen and oxygen atoms in total. The molecule has 1 aromatic rings. The van der Waals surface area contributed by atoms with Gasteiger partial charge in [0, 0.05) is 50.1 Å². The van der Waals surface area contributed by atoms with Gasteiger partial charge in [-0.1, -0.05) is 12.1 Å². The van der Waals surface area contributed by atoms with Gasteiger partial charge in [-0.05, 0) is 31.9 Å². The Bertz CT molecular complexity index is 679. The van der Waals surface area contributed by atoms with E-state index in [1.165, 1.54) is 25.0 Å². The maximum absolute atomic E-state index is 12.5. The second kappa shape index (κ2) is 8.19. The number of hydrogen-bond acceptors (Lipinski definition) is 3. The maximum atomic E-state index is 12.5. The third-order valence-electron chi connectivity index (χ3n) is 5.47. The quantitative estimate of drug-likeness (QED) is 0.701. The molecule has 1 amide bonds. The van der Waals surface area contributed by atoms with Crippen molar-refractivity contribution in [1.29, 1.82) is 0 Å². The van der Waals surface area contributed by atoms with Gasteiger partial charge in [-0.3, -0.25) is 14.5 Å². The minimum atomic E-state index is -4.42. The average Bonchev–Trinajstić information content (AvgIpc) is 3.37. The number of Topliss-reactive ketones (excluding diaryl/α,β-unsaturated/α-hetero) is 1. The Labute approximate surface area is 163 Å². The summed E-state index contributed by atoms with van der Waals surface area (Å²) in [5.74, 6) is -0.373. The van der Waals surface area contributed by atoms with Crippen LogP contribution in [0.25, 0.3) is 0 Å². The van der Waals surface area contributed by atoms with Crippen molar-refractivity contribution in [2.24, 2.45) is 0 Å². The Morgan fingerprint density at radius 2 is 1.56 bits per heavy atom. The van der Waals surface area contributed by atoms with Crippen LogP contribution in [0.15, 0.2) is 24.3 Å². The van der Waals surface area contributed by atoms with Gasteiger partial charge in [-0.15, -0.1) is 12.4 Å². The van der Waals surface area contributed by atoms with Crippen LogP contribution < -0.4 is 0 Å². The minimum Gasteiger partial charge on any atom is -0.340 e. The van der Waals surface area contributed by atoms with E-state index < -0.39 is 11.7 Å². The van der Waals surface area contributed by atoms with Gasteiger partial charge >= 0.3 is 6.18 Å². The van der Waals surface area contributed by atoms with Crippen LogP contribution in [0.5, 0.6) is 0 Å². The molecule has 150 valence electrons. The van der Waals surface area contributed by atoms with Crippen molar-refractivity contribution in [1.82, 2.24) is 9.80 Å². The number of alkyl halides is 3. The molecule has 0 radical (unpaired) electrons. The van der Waals surface area contributed by atoms with E-state index in [0.29, 0.717) is 18.6 Å². The molecule has 1 aliphatic carbocycles. The zero-order valence-corrected chi connectivity index (χ0v) is 16.0. The van der Waals surface area contributed by atoms with Gasteiger partial charge in [0.15, 0.2) is 5.78 Å². The smallest absolute Gasteiger partial charge is 0.340 e. The predicted molar refractivity (Wildman–Crippen MR) is 98.0 cm³/mol. The van der Waals surface area contributed by atoms with Crippen LogP contribution in [0.1, 0.15) is 48.5 Å². The molecule has 0 aromatic heterocycles. The highest BCUT2D eigenvalue weighted by molar-refractivity contribution is 5.98. The molecule has 1 saturated carbocycles. The number of rotatable bonds is 5. The van der Waals surface area contributed by atoms with Crippen LogP contribution in [0.3, 0.4) is 0 Å². The van der Waals surface area contributed by atoms with Gasteiger partial charge in [-0.2, -0.15) is 13.2 Å². The fourth-order valence-corrected chi connectivity index (χ4v) is 3.36. The lowest BCUT2D eigenvalue weighted by Crippen LogP contribution is -2.52.